The fraction of sp³-hybridized carbons (Fsp3) is 0.500. The van der Waals surface area contributed by atoms with Crippen LogP contribution in [0.1, 0.15) is 37.0 Å². The minimum Gasteiger partial charge on any atom is -0.493 e. The normalized spacial score (nSPS) is 20.6. The monoisotopic (exact) mass is 290 g/mol. The van der Waals surface area contributed by atoms with Crippen LogP contribution in [0.3, 0.4) is 0 Å². The molecule has 1 aromatic rings. The summed E-state index contributed by atoms with van der Waals surface area (Å²) in [7, 11) is 0. The van der Waals surface area contributed by atoms with E-state index in [1.165, 1.54) is 0 Å². The lowest BCUT2D eigenvalue weighted by Crippen LogP contribution is -2.44. The third-order valence-electron chi connectivity index (χ3n) is 3.88. The number of rotatable bonds is 4. The summed E-state index contributed by atoms with van der Waals surface area (Å²) in [5.74, 6) is 0.737. The molecule has 0 aromatic heterocycles. The molecule has 1 fully saturated rings. The van der Waals surface area contributed by atoms with Crippen molar-refractivity contribution in [3.05, 3.63) is 29.8 Å². The highest BCUT2D eigenvalue weighted by Gasteiger charge is 2.29. The van der Waals surface area contributed by atoms with E-state index in [-0.39, 0.29) is 11.8 Å². The molecular weight excluding hydrogens is 268 g/mol. The predicted molar refractivity (Wildman–Crippen MR) is 81.1 cm³/mol. The van der Waals surface area contributed by atoms with Crippen LogP contribution >= 0.6 is 0 Å². The van der Waals surface area contributed by atoms with Crippen LogP contribution in [0, 0.1) is 5.92 Å². The molecule has 114 valence electrons. The van der Waals surface area contributed by atoms with Gasteiger partial charge in [-0.1, -0.05) is 24.2 Å². The number of carbonyl (C=O) groups excluding carboxylic acids is 1. The highest BCUT2D eigenvalue weighted by molar-refractivity contribution is 5.98. The lowest BCUT2D eigenvalue weighted by atomic mass is 9.93. The van der Waals surface area contributed by atoms with E-state index < -0.39 is 0 Å². The summed E-state index contributed by atoms with van der Waals surface area (Å²) in [6, 6.07) is 7.32. The maximum absolute atomic E-state index is 12.7. The average molecular weight is 290 g/mol. The number of nitrogens with zero attached hydrogens (tertiary/aromatic N) is 2. The molecule has 5 nitrogen and oxygen atoms in total. The van der Waals surface area contributed by atoms with Gasteiger partial charge in [0.05, 0.1) is 17.9 Å². The summed E-state index contributed by atoms with van der Waals surface area (Å²) in [6.45, 7) is 5.64. The quantitative estimate of drug-likeness (QED) is 0.685. The number of benzene rings is 1. The van der Waals surface area contributed by atoms with Gasteiger partial charge in [0, 0.05) is 25.4 Å². The van der Waals surface area contributed by atoms with Gasteiger partial charge in [0.1, 0.15) is 5.75 Å². The number of hydrogen-bond acceptors (Lipinski definition) is 4. The summed E-state index contributed by atoms with van der Waals surface area (Å²) in [6.07, 6.45) is 1.48. The van der Waals surface area contributed by atoms with Crippen molar-refractivity contribution in [2.24, 2.45) is 11.1 Å². The second kappa shape index (κ2) is 7.11. The van der Waals surface area contributed by atoms with Crippen LogP contribution in [0.5, 0.6) is 5.75 Å². The van der Waals surface area contributed by atoms with Gasteiger partial charge in [-0.15, -0.1) is 0 Å². The fourth-order valence-corrected chi connectivity index (χ4v) is 2.69. The summed E-state index contributed by atoms with van der Waals surface area (Å²) >= 11 is 0. The SMILES string of the molecule is CCOc1ccccc1C(=O)N1CC/C(=N/O)C(CC)C1. The predicted octanol–water partition coefficient (Wildman–Crippen LogP) is 2.79. The molecule has 1 unspecified atom stereocenters. The highest BCUT2D eigenvalue weighted by Crippen LogP contribution is 2.24. The Balaban J connectivity index is 2.17. The molecule has 0 radical (unpaired) electrons. The third-order valence-corrected chi connectivity index (χ3v) is 3.88. The molecule has 1 saturated heterocycles. The average Bonchev–Trinajstić information content (AvgIpc) is 2.54. The Bertz CT molecular complexity index is 528. The largest absolute Gasteiger partial charge is 0.493 e. The summed E-state index contributed by atoms with van der Waals surface area (Å²) in [5, 5.41) is 12.4. The number of likely N-dealkylation sites (tertiary alicyclic amines) is 1. The summed E-state index contributed by atoms with van der Waals surface area (Å²) < 4.78 is 5.53. The molecule has 5 heteroatoms. The second-order valence-corrected chi connectivity index (χ2v) is 5.13. The van der Waals surface area contributed by atoms with Crippen LogP contribution in [0.15, 0.2) is 29.4 Å². The second-order valence-electron chi connectivity index (χ2n) is 5.13. The maximum Gasteiger partial charge on any atom is 0.257 e. The van der Waals surface area contributed by atoms with Crippen molar-refractivity contribution in [1.29, 1.82) is 0 Å². The molecule has 0 aliphatic carbocycles. The van der Waals surface area contributed by atoms with Crippen molar-refractivity contribution in [3.63, 3.8) is 0 Å². The zero-order chi connectivity index (χ0) is 15.2. The lowest BCUT2D eigenvalue weighted by Gasteiger charge is -2.33. The molecule has 1 amide bonds. The minimum atomic E-state index is -0.0190. The molecule has 0 saturated carbocycles. The van der Waals surface area contributed by atoms with E-state index in [0.29, 0.717) is 37.4 Å². The van der Waals surface area contributed by atoms with Gasteiger partial charge in [-0.05, 0) is 25.5 Å². The van der Waals surface area contributed by atoms with Crippen LogP contribution in [0.4, 0.5) is 0 Å². The van der Waals surface area contributed by atoms with Gasteiger partial charge in [0.15, 0.2) is 0 Å². The molecule has 1 aromatic carbocycles. The fourth-order valence-electron chi connectivity index (χ4n) is 2.69. The minimum absolute atomic E-state index is 0.0190. The topological polar surface area (TPSA) is 62.1 Å². The molecule has 2 rings (SSSR count). The van der Waals surface area contributed by atoms with Gasteiger partial charge in [-0.2, -0.15) is 0 Å². The standard InChI is InChI=1S/C16H22N2O3/c1-3-12-11-18(10-9-14(12)17-20)16(19)13-7-5-6-8-15(13)21-4-2/h5-8,12,20H,3-4,9-11H2,1-2H3/b17-14-. The molecular formula is C16H22N2O3. The van der Waals surface area contributed by atoms with Crippen molar-refractivity contribution in [3.8, 4) is 5.75 Å². The zero-order valence-corrected chi connectivity index (χ0v) is 12.6. The molecule has 21 heavy (non-hydrogen) atoms. The van der Waals surface area contributed by atoms with Crippen molar-refractivity contribution in [1.82, 2.24) is 4.90 Å². The Hall–Kier alpha value is -2.04. The van der Waals surface area contributed by atoms with Crippen molar-refractivity contribution in [2.75, 3.05) is 19.7 Å². The molecule has 1 N–H and O–H groups in total. The molecule has 1 heterocycles. The van der Waals surface area contributed by atoms with Gasteiger partial charge >= 0.3 is 0 Å². The number of carbonyl (C=O) groups is 1. The first-order valence-electron chi connectivity index (χ1n) is 7.43. The molecule has 1 aliphatic heterocycles. The van der Waals surface area contributed by atoms with E-state index in [4.69, 9.17) is 9.94 Å². The Morgan fingerprint density at radius 2 is 2.19 bits per heavy atom. The Morgan fingerprint density at radius 3 is 2.86 bits per heavy atom. The van der Waals surface area contributed by atoms with Crippen LogP contribution in [-0.2, 0) is 0 Å². The summed E-state index contributed by atoms with van der Waals surface area (Å²) in [4.78, 5) is 14.5. The number of para-hydroxylation sites is 1. The van der Waals surface area contributed by atoms with Gasteiger partial charge in [0.25, 0.3) is 5.91 Å². The van der Waals surface area contributed by atoms with Gasteiger partial charge < -0.3 is 14.8 Å². The lowest BCUT2D eigenvalue weighted by molar-refractivity contribution is 0.0725. The van der Waals surface area contributed by atoms with E-state index in [0.717, 1.165) is 12.1 Å². The zero-order valence-electron chi connectivity index (χ0n) is 12.6. The molecule has 0 bridgehead atoms. The van der Waals surface area contributed by atoms with E-state index in [2.05, 4.69) is 5.16 Å². The molecule has 0 spiro atoms. The van der Waals surface area contributed by atoms with Gasteiger partial charge in [0.2, 0.25) is 0 Å². The van der Waals surface area contributed by atoms with E-state index in [1.807, 2.05) is 36.9 Å². The number of oxime groups is 1. The van der Waals surface area contributed by atoms with Crippen LogP contribution in [0.25, 0.3) is 0 Å². The molecule has 1 aliphatic rings. The van der Waals surface area contributed by atoms with Crippen molar-refractivity contribution >= 4 is 11.6 Å². The smallest absolute Gasteiger partial charge is 0.257 e. The first-order chi connectivity index (χ1) is 10.2. The third kappa shape index (κ3) is 3.35. The Morgan fingerprint density at radius 1 is 1.43 bits per heavy atom. The summed E-state index contributed by atoms with van der Waals surface area (Å²) in [5.41, 5.74) is 1.39. The number of amides is 1. The number of hydrogen-bond donors (Lipinski definition) is 1. The van der Waals surface area contributed by atoms with E-state index >= 15 is 0 Å². The van der Waals surface area contributed by atoms with Crippen LogP contribution in [0.2, 0.25) is 0 Å². The van der Waals surface area contributed by atoms with Crippen LogP contribution in [-0.4, -0.2) is 41.4 Å². The van der Waals surface area contributed by atoms with Crippen molar-refractivity contribution in [2.45, 2.75) is 26.7 Å². The van der Waals surface area contributed by atoms with Crippen molar-refractivity contribution < 1.29 is 14.7 Å². The Kier molecular flexibility index (Phi) is 5.20. The maximum atomic E-state index is 12.7. The first kappa shape index (κ1) is 15.4. The van der Waals surface area contributed by atoms with E-state index in [1.54, 1.807) is 6.07 Å². The number of piperidine rings is 1. The van der Waals surface area contributed by atoms with Crippen LogP contribution < -0.4 is 4.74 Å². The number of ether oxygens (including phenoxy) is 1. The highest BCUT2D eigenvalue weighted by atomic mass is 16.5. The first-order valence-corrected chi connectivity index (χ1v) is 7.43. The van der Waals surface area contributed by atoms with Gasteiger partial charge in [-0.25, -0.2) is 0 Å². The Labute approximate surface area is 125 Å². The molecule has 1 atom stereocenters. The van der Waals surface area contributed by atoms with Gasteiger partial charge in [-0.3, -0.25) is 4.79 Å². The van der Waals surface area contributed by atoms with E-state index in [9.17, 15) is 4.79 Å².